The van der Waals surface area contributed by atoms with Gasteiger partial charge in [0.2, 0.25) is 5.91 Å². The Bertz CT molecular complexity index is 640. The van der Waals surface area contributed by atoms with Gasteiger partial charge in [-0.05, 0) is 25.0 Å². The van der Waals surface area contributed by atoms with E-state index in [0.29, 0.717) is 17.2 Å². The van der Waals surface area contributed by atoms with Crippen LogP contribution in [0.4, 0.5) is 4.79 Å². The van der Waals surface area contributed by atoms with Crippen molar-refractivity contribution in [1.29, 1.82) is 0 Å². The fraction of sp³-hybridized carbons (Fsp3) is 0.471. The Labute approximate surface area is 150 Å². The molecule has 0 unspecified atom stereocenters. The summed E-state index contributed by atoms with van der Waals surface area (Å²) in [5.41, 5.74) is 5.36. The molecule has 4 amide bonds. The third kappa shape index (κ3) is 4.66. The van der Waals surface area contributed by atoms with Crippen molar-refractivity contribution in [3.63, 3.8) is 0 Å². The van der Waals surface area contributed by atoms with Crippen molar-refractivity contribution in [2.24, 2.45) is 0 Å². The van der Waals surface area contributed by atoms with E-state index in [0.717, 1.165) is 25.0 Å². The highest BCUT2D eigenvalue weighted by atomic mass is 32.2. The molecular formula is C17H22N4O3S. The lowest BCUT2D eigenvalue weighted by Crippen LogP contribution is -2.41. The van der Waals surface area contributed by atoms with E-state index in [9.17, 15) is 14.4 Å². The van der Waals surface area contributed by atoms with E-state index in [-0.39, 0.29) is 29.9 Å². The van der Waals surface area contributed by atoms with Crippen LogP contribution in [0.25, 0.3) is 0 Å². The molecule has 1 aromatic carbocycles. The summed E-state index contributed by atoms with van der Waals surface area (Å²) in [6.07, 6.45) is 3.00. The maximum absolute atomic E-state index is 11.8. The monoisotopic (exact) mass is 362 g/mol. The van der Waals surface area contributed by atoms with Crippen molar-refractivity contribution in [1.82, 2.24) is 21.5 Å². The SMILES string of the molecule is O=C(CCCC[C@@H]1SC[C@@H]2NC(=O)N[C@@H]21)NNC(=O)c1ccccc1. The molecule has 2 aliphatic rings. The topological polar surface area (TPSA) is 99.3 Å². The lowest BCUT2D eigenvalue weighted by Gasteiger charge is -2.16. The summed E-state index contributed by atoms with van der Waals surface area (Å²) in [7, 11) is 0. The van der Waals surface area contributed by atoms with Crippen LogP contribution >= 0.6 is 11.8 Å². The maximum atomic E-state index is 11.8. The number of hydrogen-bond donors (Lipinski definition) is 4. The van der Waals surface area contributed by atoms with Gasteiger partial charge in [0, 0.05) is 23.0 Å². The van der Waals surface area contributed by atoms with Crippen molar-refractivity contribution in [2.45, 2.75) is 43.0 Å². The van der Waals surface area contributed by atoms with Crippen molar-refractivity contribution >= 4 is 29.6 Å². The van der Waals surface area contributed by atoms with Gasteiger partial charge in [0.15, 0.2) is 0 Å². The van der Waals surface area contributed by atoms with Crippen LogP contribution in [-0.2, 0) is 4.79 Å². The number of carbonyl (C=O) groups is 3. The summed E-state index contributed by atoms with van der Waals surface area (Å²) in [6.45, 7) is 0. The number of urea groups is 1. The Morgan fingerprint density at radius 2 is 1.92 bits per heavy atom. The molecule has 2 aliphatic heterocycles. The molecule has 8 heteroatoms. The van der Waals surface area contributed by atoms with Gasteiger partial charge in [0.25, 0.3) is 5.91 Å². The van der Waals surface area contributed by atoms with E-state index in [1.165, 1.54) is 0 Å². The predicted molar refractivity (Wildman–Crippen MR) is 96.0 cm³/mol. The maximum Gasteiger partial charge on any atom is 0.315 e. The van der Waals surface area contributed by atoms with Gasteiger partial charge < -0.3 is 10.6 Å². The van der Waals surface area contributed by atoms with Crippen LogP contribution in [0.3, 0.4) is 0 Å². The highest BCUT2D eigenvalue weighted by Gasteiger charge is 2.42. The molecule has 2 saturated heterocycles. The van der Waals surface area contributed by atoms with Gasteiger partial charge in [-0.15, -0.1) is 0 Å². The van der Waals surface area contributed by atoms with Crippen LogP contribution in [0, 0.1) is 0 Å². The number of benzene rings is 1. The minimum Gasteiger partial charge on any atom is -0.332 e. The summed E-state index contributed by atoms with van der Waals surface area (Å²) in [5.74, 6) is 0.420. The lowest BCUT2D eigenvalue weighted by molar-refractivity contribution is -0.122. The number of thioether (sulfide) groups is 1. The minimum atomic E-state index is -0.327. The van der Waals surface area contributed by atoms with Crippen molar-refractivity contribution in [3.05, 3.63) is 35.9 Å². The summed E-state index contributed by atoms with van der Waals surface area (Å²) in [6, 6.07) is 9.10. The number of amides is 4. The first-order chi connectivity index (χ1) is 12.1. The van der Waals surface area contributed by atoms with Crippen LogP contribution in [-0.4, -0.2) is 40.9 Å². The Hall–Kier alpha value is -2.22. The quantitative estimate of drug-likeness (QED) is 0.347. The average Bonchev–Trinajstić information content (AvgIpc) is 3.17. The first-order valence-electron chi connectivity index (χ1n) is 8.46. The molecule has 0 aromatic heterocycles. The number of unbranched alkanes of at least 4 members (excludes halogenated alkanes) is 1. The summed E-state index contributed by atoms with van der Waals surface area (Å²) in [5, 5.41) is 6.29. The zero-order chi connectivity index (χ0) is 17.6. The predicted octanol–water partition coefficient (Wildman–Crippen LogP) is 1.17. The summed E-state index contributed by atoms with van der Waals surface area (Å²) in [4.78, 5) is 35.0. The molecule has 3 rings (SSSR count). The number of hydrogen-bond acceptors (Lipinski definition) is 4. The van der Waals surface area contributed by atoms with Crippen LogP contribution in [0.5, 0.6) is 0 Å². The average molecular weight is 362 g/mol. The van der Waals surface area contributed by atoms with Gasteiger partial charge in [0.05, 0.1) is 12.1 Å². The normalized spacial score (nSPS) is 24.2. The van der Waals surface area contributed by atoms with E-state index in [1.807, 2.05) is 17.8 Å². The molecule has 134 valence electrons. The fourth-order valence-corrected chi connectivity index (χ4v) is 4.67. The summed E-state index contributed by atoms with van der Waals surface area (Å²) >= 11 is 1.87. The van der Waals surface area contributed by atoms with Gasteiger partial charge in [-0.25, -0.2) is 4.79 Å². The smallest absolute Gasteiger partial charge is 0.315 e. The summed E-state index contributed by atoms with van der Waals surface area (Å²) < 4.78 is 0. The molecule has 3 atom stereocenters. The van der Waals surface area contributed by atoms with E-state index >= 15 is 0 Å². The Morgan fingerprint density at radius 3 is 2.72 bits per heavy atom. The van der Waals surface area contributed by atoms with Crippen LogP contribution in [0.2, 0.25) is 0 Å². The zero-order valence-corrected chi connectivity index (χ0v) is 14.6. The molecule has 7 nitrogen and oxygen atoms in total. The molecule has 0 radical (unpaired) electrons. The first-order valence-corrected chi connectivity index (χ1v) is 9.51. The standard InChI is InChI=1S/C17H22N4O3S/c22-14(20-21-16(23)11-6-2-1-3-7-11)9-5-4-8-13-15-12(10-25-13)18-17(24)19-15/h1-3,6-7,12-13,15H,4-5,8-10H2,(H,20,22)(H,21,23)(H2,18,19,24)/t12-,13-,15-/m0/s1. The second kappa shape index (κ2) is 8.24. The van der Waals surface area contributed by atoms with E-state index in [4.69, 9.17) is 0 Å². The van der Waals surface area contributed by atoms with Crippen LogP contribution in [0.1, 0.15) is 36.0 Å². The van der Waals surface area contributed by atoms with Crippen molar-refractivity contribution < 1.29 is 14.4 Å². The van der Waals surface area contributed by atoms with E-state index in [2.05, 4.69) is 21.5 Å². The van der Waals surface area contributed by atoms with Gasteiger partial charge in [-0.1, -0.05) is 24.6 Å². The first kappa shape index (κ1) is 17.6. The van der Waals surface area contributed by atoms with Gasteiger partial charge >= 0.3 is 6.03 Å². The third-order valence-electron chi connectivity index (χ3n) is 4.43. The van der Waals surface area contributed by atoms with E-state index in [1.54, 1.807) is 24.3 Å². The molecule has 2 heterocycles. The number of carbonyl (C=O) groups excluding carboxylic acids is 3. The molecule has 1 aromatic rings. The lowest BCUT2D eigenvalue weighted by atomic mass is 10.0. The highest BCUT2D eigenvalue weighted by molar-refractivity contribution is 8.00. The third-order valence-corrected chi connectivity index (χ3v) is 5.94. The Morgan fingerprint density at radius 1 is 1.12 bits per heavy atom. The van der Waals surface area contributed by atoms with Gasteiger partial charge in [-0.3, -0.25) is 20.4 Å². The molecule has 0 spiro atoms. The second-order valence-corrected chi connectivity index (χ2v) is 7.51. The zero-order valence-electron chi connectivity index (χ0n) is 13.8. The molecule has 2 fully saturated rings. The van der Waals surface area contributed by atoms with Crippen LogP contribution < -0.4 is 21.5 Å². The van der Waals surface area contributed by atoms with Gasteiger partial charge in [-0.2, -0.15) is 11.8 Å². The fourth-order valence-electron chi connectivity index (χ4n) is 3.12. The molecule has 0 saturated carbocycles. The van der Waals surface area contributed by atoms with Crippen molar-refractivity contribution in [2.75, 3.05) is 5.75 Å². The van der Waals surface area contributed by atoms with Gasteiger partial charge in [0.1, 0.15) is 0 Å². The minimum absolute atomic E-state index is 0.0752. The molecular weight excluding hydrogens is 340 g/mol. The number of rotatable bonds is 6. The van der Waals surface area contributed by atoms with Crippen LogP contribution in [0.15, 0.2) is 30.3 Å². The molecule has 0 aliphatic carbocycles. The Balaban J connectivity index is 1.29. The van der Waals surface area contributed by atoms with E-state index < -0.39 is 0 Å². The highest BCUT2D eigenvalue weighted by Crippen LogP contribution is 2.33. The molecule has 4 N–H and O–H groups in total. The number of nitrogens with one attached hydrogen (secondary N) is 4. The number of hydrazine groups is 1. The second-order valence-electron chi connectivity index (χ2n) is 6.24. The Kier molecular flexibility index (Phi) is 5.80. The largest absolute Gasteiger partial charge is 0.332 e. The number of fused-ring (bicyclic) bond motifs is 1. The van der Waals surface area contributed by atoms with Crippen molar-refractivity contribution in [3.8, 4) is 0 Å². The molecule has 25 heavy (non-hydrogen) atoms. The molecule has 0 bridgehead atoms.